The summed E-state index contributed by atoms with van der Waals surface area (Å²) in [6.07, 6.45) is 3.02. The smallest absolute Gasteiger partial charge is 0.254 e. The van der Waals surface area contributed by atoms with Crippen molar-refractivity contribution in [2.75, 3.05) is 19.6 Å². The van der Waals surface area contributed by atoms with E-state index in [1.54, 1.807) is 18.2 Å². The third-order valence-corrected chi connectivity index (χ3v) is 6.65. The van der Waals surface area contributed by atoms with Gasteiger partial charge in [0.15, 0.2) is 0 Å². The van der Waals surface area contributed by atoms with E-state index < -0.39 is 0 Å². The van der Waals surface area contributed by atoms with Crippen molar-refractivity contribution in [3.63, 3.8) is 0 Å². The molecule has 1 amide bonds. The number of amides is 1. The molecule has 2 aromatic rings. The van der Waals surface area contributed by atoms with Gasteiger partial charge >= 0.3 is 0 Å². The minimum atomic E-state index is -0.257. The molecule has 0 spiro atoms. The van der Waals surface area contributed by atoms with Gasteiger partial charge in [-0.2, -0.15) is 0 Å². The Morgan fingerprint density at radius 3 is 2.68 bits per heavy atom. The molecular formula is C24H31FN4O2. The fraction of sp³-hybridized carbons (Fsp3) is 0.542. The van der Waals surface area contributed by atoms with E-state index in [9.17, 15) is 14.0 Å². The van der Waals surface area contributed by atoms with Crippen LogP contribution in [-0.2, 0) is 24.2 Å². The molecule has 6 nitrogen and oxygen atoms in total. The maximum Gasteiger partial charge on any atom is 0.254 e. The summed E-state index contributed by atoms with van der Waals surface area (Å²) < 4.78 is 13.8. The van der Waals surface area contributed by atoms with Crippen molar-refractivity contribution < 1.29 is 9.18 Å². The highest BCUT2D eigenvalue weighted by molar-refractivity contribution is 5.76. The highest BCUT2D eigenvalue weighted by Crippen LogP contribution is 2.27. The minimum Gasteiger partial charge on any atom is -0.343 e. The van der Waals surface area contributed by atoms with Crippen LogP contribution in [0.1, 0.15) is 61.7 Å². The summed E-state index contributed by atoms with van der Waals surface area (Å²) in [6, 6.07) is 7.04. The van der Waals surface area contributed by atoms with Gasteiger partial charge in [0.05, 0.1) is 5.69 Å². The lowest BCUT2D eigenvalue weighted by atomic mass is 9.94. The van der Waals surface area contributed by atoms with Crippen molar-refractivity contribution in [1.82, 2.24) is 19.8 Å². The van der Waals surface area contributed by atoms with Gasteiger partial charge in [-0.1, -0.05) is 18.2 Å². The van der Waals surface area contributed by atoms with Gasteiger partial charge in [-0.3, -0.25) is 14.5 Å². The highest BCUT2D eigenvalue weighted by Gasteiger charge is 2.28. The summed E-state index contributed by atoms with van der Waals surface area (Å²) in [6.45, 7) is 7.22. The van der Waals surface area contributed by atoms with Crippen LogP contribution in [0.4, 0.5) is 4.39 Å². The Morgan fingerprint density at radius 2 is 1.97 bits per heavy atom. The van der Waals surface area contributed by atoms with Gasteiger partial charge in [-0.25, -0.2) is 9.37 Å². The number of nitrogens with one attached hydrogen (secondary N) is 1. The first-order valence-corrected chi connectivity index (χ1v) is 11.3. The molecule has 166 valence electrons. The second-order valence-corrected chi connectivity index (χ2v) is 8.94. The molecule has 0 bridgehead atoms. The molecule has 0 aliphatic carbocycles. The lowest BCUT2D eigenvalue weighted by Gasteiger charge is -2.33. The summed E-state index contributed by atoms with van der Waals surface area (Å²) >= 11 is 0. The summed E-state index contributed by atoms with van der Waals surface area (Å²) in [4.78, 5) is 37.3. The molecule has 2 aliphatic heterocycles. The Hall–Kier alpha value is -2.54. The zero-order chi connectivity index (χ0) is 22.0. The second-order valence-electron chi connectivity index (χ2n) is 8.94. The fourth-order valence-corrected chi connectivity index (χ4v) is 4.62. The van der Waals surface area contributed by atoms with E-state index in [2.05, 4.69) is 23.7 Å². The number of aryl methyl sites for hydroxylation is 1. The SMILES string of the molecule is CC(C)N1CCc2c(nc(C3CCN(C(=O)CCc4ccccc4F)CC3)[nH]c2=O)C1. The van der Waals surface area contributed by atoms with Crippen LogP contribution in [-0.4, -0.2) is 51.4 Å². The van der Waals surface area contributed by atoms with Crippen LogP contribution >= 0.6 is 0 Å². The number of hydrogen-bond donors (Lipinski definition) is 1. The molecule has 4 rings (SSSR count). The van der Waals surface area contributed by atoms with Gasteiger partial charge in [-0.05, 0) is 51.2 Å². The molecule has 0 radical (unpaired) electrons. The molecule has 1 aromatic heterocycles. The van der Waals surface area contributed by atoms with E-state index >= 15 is 0 Å². The highest BCUT2D eigenvalue weighted by atomic mass is 19.1. The topological polar surface area (TPSA) is 69.3 Å². The van der Waals surface area contributed by atoms with E-state index in [1.807, 2.05) is 4.90 Å². The number of likely N-dealkylation sites (tertiary alicyclic amines) is 1. The molecule has 0 atom stereocenters. The summed E-state index contributed by atoms with van der Waals surface area (Å²) in [5.41, 5.74) is 2.30. The van der Waals surface area contributed by atoms with Crippen LogP contribution in [0, 0.1) is 5.82 Å². The molecule has 2 aliphatic rings. The van der Waals surface area contributed by atoms with E-state index in [4.69, 9.17) is 4.98 Å². The summed E-state index contributed by atoms with van der Waals surface area (Å²) in [5, 5.41) is 0. The zero-order valence-electron chi connectivity index (χ0n) is 18.4. The molecule has 1 N–H and O–H groups in total. The van der Waals surface area contributed by atoms with Crippen molar-refractivity contribution >= 4 is 5.91 Å². The van der Waals surface area contributed by atoms with Crippen LogP contribution in [0.25, 0.3) is 0 Å². The molecule has 0 unspecified atom stereocenters. The number of aromatic amines is 1. The second kappa shape index (κ2) is 9.30. The molecule has 1 saturated heterocycles. The molecule has 7 heteroatoms. The Morgan fingerprint density at radius 1 is 1.23 bits per heavy atom. The minimum absolute atomic E-state index is 0.00759. The number of rotatable bonds is 5. The number of nitrogens with zero attached hydrogens (tertiary/aromatic N) is 3. The quantitative estimate of drug-likeness (QED) is 0.798. The van der Waals surface area contributed by atoms with E-state index in [0.29, 0.717) is 37.5 Å². The first kappa shape index (κ1) is 21.7. The van der Waals surface area contributed by atoms with Gasteiger partial charge in [0, 0.05) is 50.1 Å². The number of carbonyl (C=O) groups excluding carboxylic acids is 1. The number of aromatic nitrogens is 2. The van der Waals surface area contributed by atoms with Crippen LogP contribution in [0.5, 0.6) is 0 Å². The van der Waals surface area contributed by atoms with Crippen LogP contribution < -0.4 is 5.56 Å². The lowest BCUT2D eigenvalue weighted by Crippen LogP contribution is -2.41. The molecule has 3 heterocycles. The zero-order valence-corrected chi connectivity index (χ0v) is 18.4. The lowest BCUT2D eigenvalue weighted by molar-refractivity contribution is -0.132. The van der Waals surface area contributed by atoms with Gasteiger partial charge in [0.2, 0.25) is 5.91 Å². The first-order chi connectivity index (χ1) is 14.9. The van der Waals surface area contributed by atoms with Crippen LogP contribution in [0.15, 0.2) is 29.1 Å². The normalized spacial score (nSPS) is 17.7. The summed E-state index contributed by atoms with van der Waals surface area (Å²) in [7, 11) is 0. The van der Waals surface area contributed by atoms with E-state index in [-0.39, 0.29) is 23.2 Å². The maximum absolute atomic E-state index is 13.8. The Labute approximate surface area is 182 Å². The van der Waals surface area contributed by atoms with E-state index in [1.165, 1.54) is 6.07 Å². The van der Waals surface area contributed by atoms with E-state index in [0.717, 1.165) is 49.4 Å². The van der Waals surface area contributed by atoms with Gasteiger partial charge in [-0.15, -0.1) is 0 Å². The predicted octanol–water partition coefficient (Wildman–Crippen LogP) is 3.01. The Balaban J connectivity index is 1.36. The number of hydrogen-bond acceptors (Lipinski definition) is 4. The first-order valence-electron chi connectivity index (χ1n) is 11.3. The molecule has 1 aromatic carbocycles. The van der Waals surface area contributed by atoms with Crippen LogP contribution in [0.3, 0.4) is 0 Å². The number of benzene rings is 1. The van der Waals surface area contributed by atoms with Crippen molar-refractivity contribution in [2.45, 2.75) is 64.5 Å². The van der Waals surface area contributed by atoms with Gasteiger partial charge in [0.1, 0.15) is 11.6 Å². The third kappa shape index (κ3) is 4.87. The average Bonchev–Trinajstić information content (AvgIpc) is 2.78. The fourth-order valence-electron chi connectivity index (χ4n) is 4.62. The predicted molar refractivity (Wildman–Crippen MR) is 117 cm³/mol. The van der Waals surface area contributed by atoms with Gasteiger partial charge < -0.3 is 9.88 Å². The largest absolute Gasteiger partial charge is 0.343 e. The van der Waals surface area contributed by atoms with Gasteiger partial charge in [0.25, 0.3) is 5.56 Å². The molecule has 0 saturated carbocycles. The van der Waals surface area contributed by atoms with Crippen molar-refractivity contribution in [3.05, 3.63) is 63.1 Å². The van der Waals surface area contributed by atoms with Crippen molar-refractivity contribution in [3.8, 4) is 0 Å². The standard InChI is InChI=1S/C24H31FN4O2/c1-16(2)29-14-11-19-21(15-29)26-23(27-24(19)31)18-9-12-28(13-10-18)22(30)8-7-17-5-3-4-6-20(17)25/h3-6,16,18H,7-15H2,1-2H3,(H,26,27,31). The number of carbonyl (C=O) groups is 1. The number of fused-ring (bicyclic) bond motifs is 1. The average molecular weight is 427 g/mol. The maximum atomic E-state index is 13.8. The molecule has 1 fully saturated rings. The van der Waals surface area contributed by atoms with Crippen molar-refractivity contribution in [1.29, 1.82) is 0 Å². The monoisotopic (exact) mass is 426 g/mol. The number of H-pyrrole nitrogens is 1. The number of piperidine rings is 1. The molecular weight excluding hydrogens is 395 g/mol. The molecule has 31 heavy (non-hydrogen) atoms. The van der Waals surface area contributed by atoms with Crippen LogP contribution in [0.2, 0.25) is 0 Å². The number of halogens is 1. The van der Waals surface area contributed by atoms with Crippen molar-refractivity contribution in [2.24, 2.45) is 0 Å². The summed E-state index contributed by atoms with van der Waals surface area (Å²) in [5.74, 6) is 0.713. The third-order valence-electron chi connectivity index (χ3n) is 6.65. The Kier molecular flexibility index (Phi) is 6.51. The Bertz CT molecular complexity index is 995.